The molecule has 3 aromatic rings. The van der Waals surface area contributed by atoms with Crippen LogP contribution in [0.4, 0.5) is 14.5 Å². The first-order valence-corrected chi connectivity index (χ1v) is 6.39. The zero-order chi connectivity index (χ0) is 13.9. The molecule has 0 unspecified atom stereocenters. The minimum atomic E-state index is -0.529. The number of hydrogen-bond acceptors (Lipinski definition) is 1. The number of rotatable bonds is 3. The number of nitrogens with one attached hydrogen (secondary N) is 1. The molecular formula is C17H13F2N. The summed E-state index contributed by atoms with van der Waals surface area (Å²) in [5.74, 6) is -1.06. The molecular weight excluding hydrogens is 256 g/mol. The molecule has 0 radical (unpaired) electrons. The van der Waals surface area contributed by atoms with Crippen LogP contribution >= 0.6 is 0 Å². The summed E-state index contributed by atoms with van der Waals surface area (Å²) in [6.07, 6.45) is 0. The molecule has 20 heavy (non-hydrogen) atoms. The zero-order valence-electron chi connectivity index (χ0n) is 10.7. The summed E-state index contributed by atoms with van der Waals surface area (Å²) >= 11 is 0. The number of hydrogen-bond donors (Lipinski definition) is 1. The van der Waals surface area contributed by atoms with Crippen LogP contribution in [0.2, 0.25) is 0 Å². The summed E-state index contributed by atoms with van der Waals surface area (Å²) in [7, 11) is 0. The lowest BCUT2D eigenvalue weighted by atomic mass is 10.1. The summed E-state index contributed by atoms with van der Waals surface area (Å²) in [4.78, 5) is 0. The van der Waals surface area contributed by atoms with Gasteiger partial charge in [-0.05, 0) is 35.0 Å². The Balaban J connectivity index is 1.83. The largest absolute Gasteiger partial charge is 0.381 e. The Kier molecular flexibility index (Phi) is 3.33. The van der Waals surface area contributed by atoms with Crippen LogP contribution in [0.5, 0.6) is 0 Å². The Morgan fingerprint density at radius 1 is 0.750 bits per heavy atom. The highest BCUT2D eigenvalue weighted by Crippen LogP contribution is 2.20. The van der Waals surface area contributed by atoms with Gasteiger partial charge in [0, 0.05) is 17.8 Å². The second-order valence-electron chi connectivity index (χ2n) is 4.62. The fourth-order valence-corrected chi connectivity index (χ4v) is 2.19. The highest BCUT2D eigenvalue weighted by molar-refractivity contribution is 5.85. The van der Waals surface area contributed by atoms with Crippen LogP contribution in [0.3, 0.4) is 0 Å². The quantitative estimate of drug-likeness (QED) is 0.724. The van der Waals surface area contributed by atoms with Crippen LogP contribution in [-0.4, -0.2) is 0 Å². The van der Waals surface area contributed by atoms with Gasteiger partial charge in [0.25, 0.3) is 0 Å². The molecule has 0 fully saturated rings. The lowest BCUT2D eigenvalue weighted by Crippen LogP contribution is -2.04. The first-order chi connectivity index (χ1) is 9.74. The van der Waals surface area contributed by atoms with Crippen molar-refractivity contribution >= 4 is 16.5 Å². The van der Waals surface area contributed by atoms with Crippen LogP contribution < -0.4 is 5.32 Å². The smallest absolute Gasteiger partial charge is 0.131 e. The monoisotopic (exact) mass is 269 g/mol. The van der Waals surface area contributed by atoms with E-state index < -0.39 is 11.6 Å². The number of fused-ring (bicyclic) bond motifs is 1. The average molecular weight is 269 g/mol. The minimum absolute atomic E-state index is 0.0562. The summed E-state index contributed by atoms with van der Waals surface area (Å²) in [6.45, 7) is 0.122. The van der Waals surface area contributed by atoms with Gasteiger partial charge in [-0.15, -0.1) is 0 Å². The maximum atomic E-state index is 13.5. The van der Waals surface area contributed by atoms with E-state index in [9.17, 15) is 8.78 Å². The van der Waals surface area contributed by atoms with E-state index in [0.717, 1.165) is 16.5 Å². The van der Waals surface area contributed by atoms with Gasteiger partial charge in [-0.3, -0.25) is 0 Å². The van der Waals surface area contributed by atoms with Gasteiger partial charge < -0.3 is 5.32 Å². The standard InChI is InChI=1S/C17H13F2N/c18-16-6-3-7-17(19)15(16)11-20-14-9-8-12-4-1-2-5-13(12)10-14/h1-10,20H,11H2. The third-order valence-corrected chi connectivity index (χ3v) is 3.28. The number of benzene rings is 3. The predicted molar refractivity (Wildman–Crippen MR) is 77.6 cm³/mol. The zero-order valence-corrected chi connectivity index (χ0v) is 10.7. The van der Waals surface area contributed by atoms with Gasteiger partial charge in [0.15, 0.2) is 0 Å². The van der Waals surface area contributed by atoms with E-state index in [1.54, 1.807) is 0 Å². The third-order valence-electron chi connectivity index (χ3n) is 3.28. The Morgan fingerprint density at radius 2 is 1.45 bits per heavy atom. The van der Waals surface area contributed by atoms with Gasteiger partial charge in [-0.25, -0.2) is 8.78 Å². The molecule has 0 aliphatic heterocycles. The van der Waals surface area contributed by atoms with Crippen molar-refractivity contribution in [1.82, 2.24) is 0 Å². The summed E-state index contributed by atoms with van der Waals surface area (Å²) in [5.41, 5.74) is 0.895. The molecule has 0 saturated heterocycles. The lowest BCUT2D eigenvalue weighted by Gasteiger charge is -2.09. The molecule has 0 aliphatic carbocycles. The molecule has 100 valence electrons. The molecule has 3 heteroatoms. The van der Waals surface area contributed by atoms with Gasteiger partial charge in [-0.1, -0.05) is 36.4 Å². The van der Waals surface area contributed by atoms with Crippen molar-refractivity contribution in [3.8, 4) is 0 Å². The van der Waals surface area contributed by atoms with Crippen LogP contribution in [0.15, 0.2) is 60.7 Å². The maximum absolute atomic E-state index is 13.5. The van der Waals surface area contributed by atoms with Crippen molar-refractivity contribution in [2.75, 3.05) is 5.32 Å². The normalized spacial score (nSPS) is 10.7. The third kappa shape index (κ3) is 2.48. The fraction of sp³-hybridized carbons (Fsp3) is 0.0588. The fourth-order valence-electron chi connectivity index (χ4n) is 2.19. The maximum Gasteiger partial charge on any atom is 0.131 e. The molecule has 0 saturated carbocycles. The van der Waals surface area contributed by atoms with Crippen molar-refractivity contribution in [3.63, 3.8) is 0 Å². The van der Waals surface area contributed by atoms with Crippen molar-refractivity contribution in [2.45, 2.75) is 6.54 Å². The number of anilines is 1. The van der Waals surface area contributed by atoms with Gasteiger partial charge >= 0.3 is 0 Å². The summed E-state index contributed by atoms with van der Waals surface area (Å²) < 4.78 is 27.1. The van der Waals surface area contributed by atoms with Gasteiger partial charge in [0.2, 0.25) is 0 Å². The minimum Gasteiger partial charge on any atom is -0.381 e. The average Bonchev–Trinajstić information content (AvgIpc) is 2.46. The van der Waals surface area contributed by atoms with E-state index >= 15 is 0 Å². The summed E-state index contributed by atoms with van der Waals surface area (Å²) in [6, 6.07) is 17.7. The van der Waals surface area contributed by atoms with Crippen molar-refractivity contribution in [3.05, 3.63) is 77.9 Å². The van der Waals surface area contributed by atoms with E-state index in [4.69, 9.17) is 0 Å². The topological polar surface area (TPSA) is 12.0 Å². The van der Waals surface area contributed by atoms with Gasteiger partial charge in [-0.2, -0.15) is 0 Å². The van der Waals surface area contributed by atoms with Crippen LogP contribution in [0.25, 0.3) is 10.8 Å². The van der Waals surface area contributed by atoms with E-state index in [1.165, 1.54) is 18.2 Å². The Hall–Kier alpha value is -2.42. The Labute approximate surface area is 115 Å². The molecule has 1 nitrogen and oxygen atoms in total. The van der Waals surface area contributed by atoms with E-state index in [-0.39, 0.29) is 12.1 Å². The molecule has 0 heterocycles. The molecule has 0 amide bonds. The molecule has 3 rings (SSSR count). The second kappa shape index (κ2) is 5.29. The molecule has 0 atom stereocenters. The Bertz CT molecular complexity index is 733. The SMILES string of the molecule is Fc1cccc(F)c1CNc1ccc2ccccc2c1. The van der Waals surface area contributed by atoms with E-state index in [2.05, 4.69) is 5.32 Å². The second-order valence-corrected chi connectivity index (χ2v) is 4.62. The molecule has 0 bridgehead atoms. The highest BCUT2D eigenvalue weighted by Gasteiger charge is 2.07. The first-order valence-electron chi connectivity index (χ1n) is 6.39. The van der Waals surface area contributed by atoms with Crippen molar-refractivity contribution < 1.29 is 8.78 Å². The Morgan fingerprint density at radius 3 is 2.20 bits per heavy atom. The van der Waals surface area contributed by atoms with Crippen molar-refractivity contribution in [1.29, 1.82) is 0 Å². The molecule has 3 aromatic carbocycles. The van der Waals surface area contributed by atoms with E-state index in [0.29, 0.717) is 0 Å². The lowest BCUT2D eigenvalue weighted by molar-refractivity contribution is 0.560. The molecule has 0 aromatic heterocycles. The van der Waals surface area contributed by atoms with Crippen molar-refractivity contribution in [2.24, 2.45) is 0 Å². The first kappa shape index (κ1) is 12.6. The van der Waals surface area contributed by atoms with Gasteiger partial charge in [0.05, 0.1) is 0 Å². The molecule has 0 aliphatic rings. The number of halogens is 2. The predicted octanol–water partition coefficient (Wildman–Crippen LogP) is 4.73. The van der Waals surface area contributed by atoms with Crippen LogP contribution in [0.1, 0.15) is 5.56 Å². The van der Waals surface area contributed by atoms with Gasteiger partial charge in [0.1, 0.15) is 11.6 Å². The summed E-state index contributed by atoms with van der Waals surface area (Å²) in [5, 5.41) is 5.28. The van der Waals surface area contributed by atoms with Crippen LogP contribution in [0, 0.1) is 11.6 Å². The molecule has 1 N–H and O–H groups in total. The highest BCUT2D eigenvalue weighted by atomic mass is 19.1. The van der Waals surface area contributed by atoms with E-state index in [1.807, 2.05) is 42.5 Å². The molecule has 0 spiro atoms. The van der Waals surface area contributed by atoms with Crippen LogP contribution in [-0.2, 0) is 6.54 Å².